The minimum Gasteiger partial charge on any atom is -0.481 e. The van der Waals surface area contributed by atoms with Gasteiger partial charge in [0.1, 0.15) is 0 Å². The minimum absolute atomic E-state index is 0.112. The second kappa shape index (κ2) is 7.14. The van der Waals surface area contributed by atoms with Gasteiger partial charge in [-0.3, -0.25) is 4.79 Å². The summed E-state index contributed by atoms with van der Waals surface area (Å²) in [5.41, 5.74) is 0. The molecular formula is C16H28N2O3. The monoisotopic (exact) mass is 296 g/mol. The predicted octanol–water partition coefficient (Wildman–Crippen LogP) is 2.80. The van der Waals surface area contributed by atoms with Crippen LogP contribution >= 0.6 is 0 Å². The summed E-state index contributed by atoms with van der Waals surface area (Å²) < 4.78 is 0. The summed E-state index contributed by atoms with van der Waals surface area (Å²) in [6.07, 6.45) is 4.92. The Kier molecular flexibility index (Phi) is 5.48. The molecule has 2 heterocycles. The number of aliphatic carboxylic acids is 1. The molecule has 2 aliphatic heterocycles. The van der Waals surface area contributed by atoms with Gasteiger partial charge in [-0.25, -0.2) is 4.79 Å². The summed E-state index contributed by atoms with van der Waals surface area (Å²) in [7, 11) is 0. The number of amides is 2. The first-order valence-corrected chi connectivity index (χ1v) is 8.26. The minimum atomic E-state index is -0.769. The Bertz CT molecular complexity index is 384. The van der Waals surface area contributed by atoms with Gasteiger partial charge in [0, 0.05) is 32.1 Å². The highest BCUT2D eigenvalue weighted by Gasteiger charge is 2.34. The largest absolute Gasteiger partial charge is 0.481 e. The van der Waals surface area contributed by atoms with Crippen LogP contribution in [0.15, 0.2) is 0 Å². The number of carbonyl (C=O) groups excluding carboxylic acids is 1. The maximum absolute atomic E-state index is 12.7. The molecule has 2 unspecified atom stereocenters. The van der Waals surface area contributed by atoms with Crippen LogP contribution in [0, 0.1) is 11.8 Å². The lowest BCUT2D eigenvalue weighted by atomic mass is 9.95. The van der Waals surface area contributed by atoms with Gasteiger partial charge in [-0.1, -0.05) is 13.8 Å². The van der Waals surface area contributed by atoms with Crippen LogP contribution in [0.5, 0.6) is 0 Å². The lowest BCUT2D eigenvalue weighted by molar-refractivity contribution is -0.137. The van der Waals surface area contributed by atoms with Crippen molar-refractivity contribution in [1.82, 2.24) is 9.80 Å². The number of carboxylic acid groups (broad SMARTS) is 1. The highest BCUT2D eigenvalue weighted by molar-refractivity contribution is 5.75. The molecule has 2 rings (SSSR count). The summed E-state index contributed by atoms with van der Waals surface area (Å²) in [6.45, 7) is 6.93. The normalized spacial score (nSPS) is 26.4. The van der Waals surface area contributed by atoms with Crippen molar-refractivity contribution >= 4 is 12.0 Å². The second-order valence-corrected chi connectivity index (χ2v) is 6.80. The Morgan fingerprint density at radius 3 is 2.57 bits per heavy atom. The van der Waals surface area contributed by atoms with Gasteiger partial charge in [0.25, 0.3) is 0 Å². The molecule has 0 spiro atoms. The Balaban J connectivity index is 1.94. The lowest BCUT2D eigenvalue weighted by Gasteiger charge is -2.38. The summed E-state index contributed by atoms with van der Waals surface area (Å²) in [6, 6.07) is 0.244. The number of hydrogen-bond acceptors (Lipinski definition) is 2. The van der Waals surface area contributed by atoms with Crippen molar-refractivity contribution in [2.75, 3.05) is 19.6 Å². The number of rotatable bonds is 4. The van der Waals surface area contributed by atoms with E-state index in [0.29, 0.717) is 18.3 Å². The second-order valence-electron chi connectivity index (χ2n) is 6.80. The van der Waals surface area contributed by atoms with Gasteiger partial charge in [0.05, 0.1) is 0 Å². The number of urea groups is 1. The van der Waals surface area contributed by atoms with Crippen LogP contribution in [0.4, 0.5) is 4.79 Å². The SMILES string of the molecule is CC(C)C1CCN(C(=O)N2CCCCC2CCC(=O)O)C1. The summed E-state index contributed by atoms with van der Waals surface area (Å²) in [5.74, 6) is 0.456. The molecule has 5 heteroatoms. The Labute approximate surface area is 127 Å². The number of likely N-dealkylation sites (tertiary alicyclic amines) is 2. The number of hydrogen-bond donors (Lipinski definition) is 1. The zero-order valence-electron chi connectivity index (χ0n) is 13.3. The molecule has 1 N–H and O–H groups in total. The Hall–Kier alpha value is -1.26. The Morgan fingerprint density at radius 1 is 1.19 bits per heavy atom. The van der Waals surface area contributed by atoms with E-state index in [1.165, 1.54) is 0 Å². The molecule has 2 amide bonds. The Morgan fingerprint density at radius 2 is 1.95 bits per heavy atom. The van der Waals surface area contributed by atoms with Crippen molar-refractivity contribution in [3.05, 3.63) is 0 Å². The fourth-order valence-corrected chi connectivity index (χ4v) is 3.53. The third-order valence-corrected chi connectivity index (χ3v) is 5.00. The van der Waals surface area contributed by atoms with E-state index in [2.05, 4.69) is 13.8 Å². The maximum atomic E-state index is 12.7. The van der Waals surface area contributed by atoms with Crippen molar-refractivity contribution in [2.24, 2.45) is 11.8 Å². The van der Waals surface area contributed by atoms with E-state index in [-0.39, 0.29) is 18.5 Å². The molecule has 5 nitrogen and oxygen atoms in total. The number of piperidine rings is 1. The van der Waals surface area contributed by atoms with E-state index >= 15 is 0 Å². The molecular weight excluding hydrogens is 268 g/mol. The van der Waals surface area contributed by atoms with Crippen molar-refractivity contribution < 1.29 is 14.7 Å². The molecule has 2 saturated heterocycles. The molecule has 0 radical (unpaired) electrons. The van der Waals surface area contributed by atoms with Gasteiger partial charge in [0.15, 0.2) is 0 Å². The van der Waals surface area contributed by atoms with Crippen LogP contribution in [0.2, 0.25) is 0 Å². The first-order chi connectivity index (χ1) is 9.99. The van der Waals surface area contributed by atoms with Crippen LogP contribution in [0.3, 0.4) is 0 Å². The lowest BCUT2D eigenvalue weighted by Crippen LogP contribution is -2.50. The fourth-order valence-electron chi connectivity index (χ4n) is 3.53. The highest BCUT2D eigenvalue weighted by Crippen LogP contribution is 2.27. The first kappa shape index (κ1) is 16.1. The van der Waals surface area contributed by atoms with Crippen molar-refractivity contribution in [3.8, 4) is 0 Å². The van der Waals surface area contributed by atoms with Crippen molar-refractivity contribution in [2.45, 2.75) is 58.4 Å². The quantitative estimate of drug-likeness (QED) is 0.867. The van der Waals surface area contributed by atoms with E-state index in [9.17, 15) is 9.59 Å². The van der Waals surface area contributed by atoms with Gasteiger partial charge in [-0.15, -0.1) is 0 Å². The zero-order chi connectivity index (χ0) is 15.4. The molecule has 2 fully saturated rings. The molecule has 0 aromatic carbocycles. The van der Waals surface area contributed by atoms with Crippen LogP contribution < -0.4 is 0 Å². The van der Waals surface area contributed by atoms with Crippen molar-refractivity contribution in [3.63, 3.8) is 0 Å². The molecule has 0 aromatic heterocycles. The van der Waals surface area contributed by atoms with E-state index < -0.39 is 5.97 Å². The van der Waals surface area contributed by atoms with Gasteiger partial charge < -0.3 is 14.9 Å². The predicted molar refractivity (Wildman–Crippen MR) is 81.1 cm³/mol. The number of carbonyl (C=O) groups is 2. The van der Waals surface area contributed by atoms with E-state index in [1.807, 2.05) is 9.80 Å². The van der Waals surface area contributed by atoms with Crippen LogP contribution in [-0.4, -0.2) is 52.6 Å². The summed E-state index contributed by atoms with van der Waals surface area (Å²) in [4.78, 5) is 27.4. The fraction of sp³-hybridized carbons (Fsp3) is 0.875. The van der Waals surface area contributed by atoms with Crippen LogP contribution in [0.25, 0.3) is 0 Å². The number of carboxylic acids is 1. The van der Waals surface area contributed by atoms with Crippen molar-refractivity contribution in [1.29, 1.82) is 0 Å². The zero-order valence-corrected chi connectivity index (χ0v) is 13.3. The molecule has 21 heavy (non-hydrogen) atoms. The standard InChI is InChI=1S/C16H28N2O3/c1-12(2)13-8-10-17(11-13)16(21)18-9-4-3-5-14(18)6-7-15(19)20/h12-14H,3-11H2,1-2H3,(H,19,20). The topological polar surface area (TPSA) is 60.9 Å². The van der Waals surface area contributed by atoms with Gasteiger partial charge in [-0.2, -0.15) is 0 Å². The third kappa shape index (κ3) is 4.11. The smallest absolute Gasteiger partial charge is 0.320 e. The van der Waals surface area contributed by atoms with E-state index in [1.54, 1.807) is 0 Å². The number of nitrogens with zero attached hydrogens (tertiary/aromatic N) is 2. The molecule has 2 aliphatic rings. The molecule has 2 atom stereocenters. The van der Waals surface area contributed by atoms with Gasteiger partial charge >= 0.3 is 12.0 Å². The first-order valence-electron chi connectivity index (χ1n) is 8.26. The summed E-state index contributed by atoms with van der Waals surface area (Å²) >= 11 is 0. The van der Waals surface area contributed by atoms with E-state index in [4.69, 9.17) is 5.11 Å². The molecule has 0 aliphatic carbocycles. The summed E-state index contributed by atoms with van der Waals surface area (Å²) in [5, 5.41) is 8.86. The molecule has 0 saturated carbocycles. The van der Waals surface area contributed by atoms with Crippen LogP contribution in [-0.2, 0) is 4.79 Å². The average Bonchev–Trinajstić information content (AvgIpc) is 2.94. The highest BCUT2D eigenvalue weighted by atomic mass is 16.4. The van der Waals surface area contributed by atoms with Crippen LogP contribution in [0.1, 0.15) is 52.4 Å². The third-order valence-electron chi connectivity index (χ3n) is 5.00. The maximum Gasteiger partial charge on any atom is 0.320 e. The average molecular weight is 296 g/mol. The van der Waals surface area contributed by atoms with Gasteiger partial charge in [0.2, 0.25) is 0 Å². The van der Waals surface area contributed by atoms with E-state index in [0.717, 1.165) is 45.3 Å². The van der Waals surface area contributed by atoms with Gasteiger partial charge in [-0.05, 0) is 43.9 Å². The molecule has 0 aromatic rings. The molecule has 0 bridgehead atoms. The molecule has 120 valence electrons.